The van der Waals surface area contributed by atoms with Crippen molar-refractivity contribution < 1.29 is 9.59 Å². The van der Waals surface area contributed by atoms with Gasteiger partial charge in [0.25, 0.3) is 0 Å². The van der Waals surface area contributed by atoms with Gasteiger partial charge in [0, 0.05) is 31.6 Å². The number of carbonyl (C=O) groups excluding carboxylic acids is 2. The Hall–Kier alpha value is -1.84. The normalized spacial score (nSPS) is 13.9. The summed E-state index contributed by atoms with van der Waals surface area (Å²) in [6, 6.07) is 6.07. The van der Waals surface area contributed by atoms with E-state index >= 15 is 0 Å². The first kappa shape index (κ1) is 14.6. The number of benzene rings is 1. The summed E-state index contributed by atoms with van der Waals surface area (Å²) in [6.45, 7) is 6.60. The van der Waals surface area contributed by atoms with Gasteiger partial charge in [-0.2, -0.15) is 0 Å². The second-order valence-electron chi connectivity index (χ2n) is 5.58. The molecule has 2 rings (SSSR count). The maximum Gasteiger partial charge on any atom is 0.223 e. The van der Waals surface area contributed by atoms with Crippen molar-refractivity contribution >= 4 is 17.5 Å². The van der Waals surface area contributed by atoms with Crippen LogP contribution in [0, 0.1) is 19.8 Å². The van der Waals surface area contributed by atoms with Gasteiger partial charge in [-0.15, -0.1) is 0 Å². The predicted octanol–water partition coefficient (Wildman–Crippen LogP) is 2.18. The average molecular weight is 274 g/mol. The molecule has 2 amide bonds. The van der Waals surface area contributed by atoms with Crippen molar-refractivity contribution in [2.45, 2.75) is 33.6 Å². The molecule has 1 aliphatic carbocycles. The molecule has 0 atom stereocenters. The predicted molar refractivity (Wildman–Crippen MR) is 79.7 cm³/mol. The van der Waals surface area contributed by atoms with Gasteiger partial charge in [0.05, 0.1) is 0 Å². The van der Waals surface area contributed by atoms with E-state index in [4.69, 9.17) is 0 Å². The average Bonchev–Trinajstić information content (AvgIpc) is 3.16. The number of hydrogen-bond donors (Lipinski definition) is 1. The molecule has 4 nitrogen and oxygen atoms in total. The first-order valence-corrected chi connectivity index (χ1v) is 7.11. The molecule has 0 saturated heterocycles. The highest BCUT2D eigenvalue weighted by Gasteiger charge is 2.29. The zero-order chi connectivity index (χ0) is 14.7. The molecule has 0 bridgehead atoms. The number of aryl methyl sites for hydroxylation is 2. The van der Waals surface area contributed by atoms with Crippen LogP contribution in [0.4, 0.5) is 5.69 Å². The number of anilines is 1. The molecule has 0 heterocycles. The van der Waals surface area contributed by atoms with Gasteiger partial charge >= 0.3 is 0 Å². The van der Waals surface area contributed by atoms with E-state index in [1.807, 2.05) is 26.0 Å². The minimum atomic E-state index is -0.00401. The zero-order valence-electron chi connectivity index (χ0n) is 12.4. The summed E-state index contributed by atoms with van der Waals surface area (Å²) in [4.78, 5) is 25.1. The van der Waals surface area contributed by atoms with Crippen LogP contribution in [-0.2, 0) is 9.59 Å². The SMILES string of the molecule is CC(=O)N(CCNC(=O)C1CC1)c1cc(C)cc(C)c1. The third-order valence-corrected chi connectivity index (χ3v) is 3.48. The Labute approximate surface area is 120 Å². The summed E-state index contributed by atoms with van der Waals surface area (Å²) in [6.07, 6.45) is 2.00. The molecule has 0 aromatic heterocycles. The quantitative estimate of drug-likeness (QED) is 0.894. The minimum Gasteiger partial charge on any atom is -0.354 e. The van der Waals surface area contributed by atoms with Crippen LogP contribution in [0.15, 0.2) is 18.2 Å². The van der Waals surface area contributed by atoms with Crippen molar-refractivity contribution in [2.75, 3.05) is 18.0 Å². The standard InChI is InChI=1S/C16H22N2O2/c1-11-8-12(2)10-15(9-11)18(13(3)19)7-6-17-16(20)14-4-5-14/h8-10,14H,4-7H2,1-3H3,(H,17,20). The summed E-state index contributed by atoms with van der Waals surface area (Å²) in [5.74, 6) is 0.326. The second kappa shape index (κ2) is 6.07. The van der Waals surface area contributed by atoms with Gasteiger partial charge in [-0.05, 0) is 49.9 Å². The van der Waals surface area contributed by atoms with Gasteiger partial charge in [0.2, 0.25) is 11.8 Å². The largest absolute Gasteiger partial charge is 0.354 e. The minimum absolute atomic E-state index is 0.00401. The molecule has 4 heteroatoms. The van der Waals surface area contributed by atoms with E-state index in [0.717, 1.165) is 29.7 Å². The van der Waals surface area contributed by atoms with Gasteiger partial charge < -0.3 is 10.2 Å². The molecule has 108 valence electrons. The lowest BCUT2D eigenvalue weighted by atomic mass is 10.1. The highest BCUT2D eigenvalue weighted by Crippen LogP contribution is 2.28. The lowest BCUT2D eigenvalue weighted by Crippen LogP contribution is -2.38. The Balaban J connectivity index is 1.98. The van der Waals surface area contributed by atoms with Gasteiger partial charge in [0.1, 0.15) is 0 Å². The van der Waals surface area contributed by atoms with E-state index in [1.54, 1.807) is 11.8 Å². The summed E-state index contributed by atoms with van der Waals surface area (Å²) >= 11 is 0. The summed E-state index contributed by atoms with van der Waals surface area (Å²) < 4.78 is 0. The van der Waals surface area contributed by atoms with E-state index in [9.17, 15) is 9.59 Å². The number of amides is 2. The van der Waals surface area contributed by atoms with E-state index in [1.165, 1.54) is 0 Å². The fourth-order valence-corrected chi connectivity index (χ4v) is 2.36. The van der Waals surface area contributed by atoms with Crippen LogP contribution in [-0.4, -0.2) is 24.9 Å². The van der Waals surface area contributed by atoms with E-state index in [2.05, 4.69) is 11.4 Å². The number of hydrogen-bond acceptors (Lipinski definition) is 2. The smallest absolute Gasteiger partial charge is 0.223 e. The second-order valence-corrected chi connectivity index (χ2v) is 5.58. The molecule has 1 aromatic rings. The Morgan fingerprint density at radius 3 is 2.30 bits per heavy atom. The van der Waals surface area contributed by atoms with Crippen LogP contribution in [0.25, 0.3) is 0 Å². The molecule has 1 aliphatic rings. The Kier molecular flexibility index (Phi) is 4.42. The number of rotatable bonds is 5. The molecule has 1 aromatic carbocycles. The number of nitrogens with one attached hydrogen (secondary N) is 1. The summed E-state index contributed by atoms with van der Waals surface area (Å²) in [5.41, 5.74) is 3.16. The van der Waals surface area contributed by atoms with Crippen LogP contribution in [0.3, 0.4) is 0 Å². The molecule has 0 radical (unpaired) electrons. The van der Waals surface area contributed by atoms with Crippen LogP contribution < -0.4 is 10.2 Å². The molecular weight excluding hydrogens is 252 g/mol. The maximum absolute atomic E-state index is 11.8. The van der Waals surface area contributed by atoms with Crippen molar-refractivity contribution in [3.8, 4) is 0 Å². The van der Waals surface area contributed by atoms with Crippen molar-refractivity contribution in [2.24, 2.45) is 5.92 Å². The van der Waals surface area contributed by atoms with Crippen molar-refractivity contribution in [1.82, 2.24) is 5.32 Å². The lowest BCUT2D eigenvalue weighted by molar-refractivity contribution is -0.122. The molecule has 1 fully saturated rings. The molecular formula is C16H22N2O2. The lowest BCUT2D eigenvalue weighted by Gasteiger charge is -2.22. The topological polar surface area (TPSA) is 49.4 Å². The Morgan fingerprint density at radius 2 is 1.80 bits per heavy atom. The molecule has 0 spiro atoms. The third kappa shape index (κ3) is 3.83. The van der Waals surface area contributed by atoms with Crippen LogP contribution >= 0.6 is 0 Å². The van der Waals surface area contributed by atoms with Crippen molar-refractivity contribution in [1.29, 1.82) is 0 Å². The zero-order valence-corrected chi connectivity index (χ0v) is 12.4. The first-order chi connectivity index (χ1) is 9.47. The van der Waals surface area contributed by atoms with Gasteiger partial charge in [-0.3, -0.25) is 9.59 Å². The fourth-order valence-electron chi connectivity index (χ4n) is 2.36. The molecule has 0 unspecified atom stereocenters. The van der Waals surface area contributed by atoms with E-state index in [0.29, 0.717) is 13.1 Å². The number of nitrogens with zero attached hydrogens (tertiary/aromatic N) is 1. The van der Waals surface area contributed by atoms with E-state index in [-0.39, 0.29) is 17.7 Å². The molecule has 1 N–H and O–H groups in total. The van der Waals surface area contributed by atoms with Crippen molar-refractivity contribution in [3.05, 3.63) is 29.3 Å². The summed E-state index contributed by atoms with van der Waals surface area (Å²) in [7, 11) is 0. The van der Waals surface area contributed by atoms with Crippen LogP contribution in [0.2, 0.25) is 0 Å². The van der Waals surface area contributed by atoms with Gasteiger partial charge in [0.15, 0.2) is 0 Å². The van der Waals surface area contributed by atoms with Crippen LogP contribution in [0.5, 0.6) is 0 Å². The van der Waals surface area contributed by atoms with Gasteiger partial charge in [-0.1, -0.05) is 6.07 Å². The Morgan fingerprint density at radius 1 is 1.20 bits per heavy atom. The molecule has 0 aliphatic heterocycles. The maximum atomic E-state index is 11.8. The van der Waals surface area contributed by atoms with Crippen molar-refractivity contribution in [3.63, 3.8) is 0 Å². The molecule has 1 saturated carbocycles. The highest BCUT2D eigenvalue weighted by atomic mass is 16.2. The van der Waals surface area contributed by atoms with E-state index < -0.39 is 0 Å². The number of carbonyl (C=O) groups is 2. The fraction of sp³-hybridized carbons (Fsp3) is 0.500. The first-order valence-electron chi connectivity index (χ1n) is 7.11. The molecule has 20 heavy (non-hydrogen) atoms. The summed E-state index contributed by atoms with van der Waals surface area (Å²) in [5, 5.41) is 2.90. The van der Waals surface area contributed by atoms with Crippen LogP contribution in [0.1, 0.15) is 30.9 Å². The highest BCUT2D eigenvalue weighted by molar-refractivity contribution is 5.91. The monoisotopic (exact) mass is 274 g/mol. The Bertz CT molecular complexity index is 501. The third-order valence-electron chi connectivity index (χ3n) is 3.48. The van der Waals surface area contributed by atoms with Gasteiger partial charge in [-0.25, -0.2) is 0 Å².